The fourth-order valence-electron chi connectivity index (χ4n) is 0.296. The van der Waals surface area contributed by atoms with Crippen LogP contribution in [0.4, 0.5) is 0 Å². The van der Waals surface area contributed by atoms with Crippen LogP contribution in [0.2, 0.25) is 0 Å². The number of aliphatic hydroxyl groups excluding tert-OH is 2. The smallest absolute Gasteiger partial charge is 0.152 e. The molecule has 0 amide bonds. The molecule has 0 heterocycles. The highest BCUT2D eigenvalue weighted by Gasteiger charge is 1.92. The lowest BCUT2D eigenvalue weighted by Gasteiger charge is -1.92. The van der Waals surface area contributed by atoms with Gasteiger partial charge in [0.1, 0.15) is 0 Å². The van der Waals surface area contributed by atoms with E-state index in [-0.39, 0.29) is 11.5 Å². The van der Waals surface area contributed by atoms with Crippen LogP contribution in [0.5, 0.6) is 0 Å². The number of aliphatic hydroxyl groups is 2. The van der Waals surface area contributed by atoms with Crippen molar-refractivity contribution in [3.05, 3.63) is 23.7 Å². The Morgan fingerprint density at radius 1 is 1.00 bits per heavy atom. The quantitative estimate of drug-likeness (QED) is 0.404. The monoisotopic (exact) mass is 114 g/mol. The fourth-order valence-corrected chi connectivity index (χ4v) is 0.296. The van der Waals surface area contributed by atoms with E-state index in [1.807, 2.05) is 0 Å². The molecule has 0 aliphatic rings. The molecular weight excluding hydrogens is 104 g/mol. The molecule has 0 fully saturated rings. The molecule has 0 rings (SSSR count). The Kier molecular flexibility index (Phi) is 2.77. The number of hydrogen-bond acceptors (Lipinski definition) is 2. The third kappa shape index (κ3) is 1.69. The standard InChI is InChI=1S/C6H10O2/c1-3-5(7)6(8)4-2/h3-4,7-8H,1-2H3. The first kappa shape index (κ1) is 7.08. The van der Waals surface area contributed by atoms with E-state index in [4.69, 9.17) is 10.2 Å². The lowest BCUT2D eigenvalue weighted by Crippen LogP contribution is -1.83. The highest BCUT2D eigenvalue weighted by atomic mass is 16.3. The van der Waals surface area contributed by atoms with Crippen molar-refractivity contribution >= 4 is 0 Å². The zero-order chi connectivity index (χ0) is 6.57. The maximum Gasteiger partial charge on any atom is 0.152 e. The average molecular weight is 114 g/mol. The molecule has 0 saturated heterocycles. The molecule has 0 unspecified atom stereocenters. The van der Waals surface area contributed by atoms with Gasteiger partial charge in [-0.15, -0.1) is 0 Å². The average Bonchev–Trinajstić information content (AvgIpc) is 1.84. The topological polar surface area (TPSA) is 40.5 Å². The van der Waals surface area contributed by atoms with Crippen LogP contribution < -0.4 is 0 Å². The summed E-state index contributed by atoms with van der Waals surface area (Å²) in [7, 11) is 0. The number of allylic oxidation sites excluding steroid dienone is 2. The summed E-state index contributed by atoms with van der Waals surface area (Å²) in [5.41, 5.74) is 0. The van der Waals surface area contributed by atoms with Gasteiger partial charge in [0.25, 0.3) is 0 Å². The Labute approximate surface area is 48.8 Å². The summed E-state index contributed by atoms with van der Waals surface area (Å²) in [5, 5.41) is 17.3. The predicted octanol–water partition coefficient (Wildman–Crippen LogP) is 1.91. The summed E-state index contributed by atoms with van der Waals surface area (Å²) in [5.74, 6) is -0.153. The van der Waals surface area contributed by atoms with Crippen molar-refractivity contribution in [2.45, 2.75) is 13.8 Å². The molecule has 2 nitrogen and oxygen atoms in total. The zero-order valence-corrected chi connectivity index (χ0v) is 5.05. The first-order chi connectivity index (χ1) is 3.72. The molecule has 0 aromatic rings. The molecule has 0 aromatic heterocycles. The van der Waals surface area contributed by atoms with E-state index in [0.717, 1.165) is 0 Å². The van der Waals surface area contributed by atoms with Gasteiger partial charge in [0, 0.05) is 0 Å². The highest BCUT2D eigenvalue weighted by Crippen LogP contribution is 1.99. The Hall–Kier alpha value is -0.920. The van der Waals surface area contributed by atoms with Gasteiger partial charge < -0.3 is 10.2 Å². The van der Waals surface area contributed by atoms with Crippen LogP contribution in [0, 0.1) is 0 Å². The van der Waals surface area contributed by atoms with Crippen molar-refractivity contribution in [1.82, 2.24) is 0 Å². The van der Waals surface area contributed by atoms with Gasteiger partial charge in [0.15, 0.2) is 11.5 Å². The molecule has 0 radical (unpaired) electrons. The van der Waals surface area contributed by atoms with Crippen LogP contribution in [0.3, 0.4) is 0 Å². The molecule has 0 spiro atoms. The molecule has 2 heteroatoms. The number of rotatable bonds is 1. The van der Waals surface area contributed by atoms with Crippen LogP contribution in [-0.4, -0.2) is 10.2 Å². The van der Waals surface area contributed by atoms with Crippen LogP contribution in [0.25, 0.3) is 0 Å². The molecule has 8 heavy (non-hydrogen) atoms. The SMILES string of the molecule is CC=C(O)C(O)=CC. The summed E-state index contributed by atoms with van der Waals surface area (Å²) in [4.78, 5) is 0. The predicted molar refractivity (Wildman–Crippen MR) is 32.8 cm³/mol. The lowest BCUT2D eigenvalue weighted by atomic mass is 10.4. The first-order valence-electron chi connectivity index (χ1n) is 2.43. The Morgan fingerprint density at radius 2 is 1.25 bits per heavy atom. The first-order valence-corrected chi connectivity index (χ1v) is 2.43. The van der Waals surface area contributed by atoms with Crippen molar-refractivity contribution in [2.75, 3.05) is 0 Å². The lowest BCUT2D eigenvalue weighted by molar-refractivity contribution is 0.325. The van der Waals surface area contributed by atoms with Gasteiger partial charge in [-0.2, -0.15) is 0 Å². The second kappa shape index (κ2) is 3.13. The van der Waals surface area contributed by atoms with Crippen LogP contribution in [-0.2, 0) is 0 Å². The minimum atomic E-state index is -0.0764. The zero-order valence-electron chi connectivity index (χ0n) is 5.05. The highest BCUT2D eigenvalue weighted by molar-refractivity contribution is 5.15. The second-order valence-corrected chi connectivity index (χ2v) is 1.35. The van der Waals surface area contributed by atoms with E-state index >= 15 is 0 Å². The van der Waals surface area contributed by atoms with E-state index < -0.39 is 0 Å². The van der Waals surface area contributed by atoms with Gasteiger partial charge >= 0.3 is 0 Å². The maximum atomic E-state index is 8.67. The van der Waals surface area contributed by atoms with Crippen LogP contribution in [0.15, 0.2) is 23.7 Å². The largest absolute Gasteiger partial charge is 0.504 e. The summed E-state index contributed by atoms with van der Waals surface area (Å²) >= 11 is 0. The van der Waals surface area contributed by atoms with Gasteiger partial charge in [-0.25, -0.2) is 0 Å². The fraction of sp³-hybridized carbons (Fsp3) is 0.333. The van der Waals surface area contributed by atoms with Crippen molar-refractivity contribution in [3.63, 3.8) is 0 Å². The van der Waals surface area contributed by atoms with E-state index in [9.17, 15) is 0 Å². The van der Waals surface area contributed by atoms with Crippen molar-refractivity contribution in [2.24, 2.45) is 0 Å². The molecule has 2 N–H and O–H groups in total. The van der Waals surface area contributed by atoms with Gasteiger partial charge in [0.2, 0.25) is 0 Å². The third-order valence-corrected chi connectivity index (χ3v) is 0.809. The molecule has 0 atom stereocenters. The van der Waals surface area contributed by atoms with Crippen molar-refractivity contribution < 1.29 is 10.2 Å². The normalized spacial score (nSPS) is 14.2. The van der Waals surface area contributed by atoms with Crippen molar-refractivity contribution in [3.8, 4) is 0 Å². The number of hydrogen-bond donors (Lipinski definition) is 2. The van der Waals surface area contributed by atoms with E-state index in [0.29, 0.717) is 0 Å². The maximum absolute atomic E-state index is 8.67. The van der Waals surface area contributed by atoms with Crippen molar-refractivity contribution in [1.29, 1.82) is 0 Å². The van der Waals surface area contributed by atoms with E-state index in [1.54, 1.807) is 13.8 Å². The molecular formula is C6H10O2. The van der Waals surface area contributed by atoms with Gasteiger partial charge in [0.05, 0.1) is 0 Å². The summed E-state index contributed by atoms with van der Waals surface area (Å²) < 4.78 is 0. The minimum absolute atomic E-state index is 0.0764. The summed E-state index contributed by atoms with van der Waals surface area (Å²) in [6.45, 7) is 3.30. The Morgan fingerprint density at radius 3 is 1.38 bits per heavy atom. The molecule has 46 valence electrons. The molecule has 0 aliphatic heterocycles. The Bertz CT molecular complexity index is 106. The minimum Gasteiger partial charge on any atom is -0.504 e. The summed E-state index contributed by atoms with van der Waals surface area (Å²) in [6, 6.07) is 0. The third-order valence-electron chi connectivity index (χ3n) is 0.809. The molecule has 0 aliphatic carbocycles. The van der Waals surface area contributed by atoms with Gasteiger partial charge in [-0.05, 0) is 26.0 Å². The molecule has 0 bridgehead atoms. The van der Waals surface area contributed by atoms with E-state index in [1.165, 1.54) is 12.2 Å². The molecule has 0 aromatic carbocycles. The van der Waals surface area contributed by atoms with Gasteiger partial charge in [-0.3, -0.25) is 0 Å². The van der Waals surface area contributed by atoms with Gasteiger partial charge in [-0.1, -0.05) is 0 Å². The second-order valence-electron chi connectivity index (χ2n) is 1.35. The summed E-state index contributed by atoms with van der Waals surface area (Å²) in [6.07, 6.45) is 2.85. The Balaban J connectivity index is 4.04. The van der Waals surface area contributed by atoms with E-state index in [2.05, 4.69) is 0 Å². The molecule has 0 saturated carbocycles. The van der Waals surface area contributed by atoms with Crippen LogP contribution in [0.1, 0.15) is 13.8 Å². The van der Waals surface area contributed by atoms with Crippen LogP contribution >= 0.6 is 0 Å².